The van der Waals surface area contributed by atoms with E-state index >= 15 is 0 Å². The van der Waals surface area contributed by atoms with E-state index in [4.69, 9.17) is 0 Å². The van der Waals surface area contributed by atoms with Gasteiger partial charge in [0, 0.05) is 0 Å². The Kier molecular flexibility index (Phi) is 6.01. The molecule has 0 saturated heterocycles. The van der Waals surface area contributed by atoms with Crippen LogP contribution in [0.1, 0.15) is 55.2 Å². The Balaban J connectivity index is 1.40. The zero-order chi connectivity index (χ0) is 22.0. The summed E-state index contributed by atoms with van der Waals surface area (Å²) in [5.41, 5.74) is 11.0. The Morgan fingerprint density at radius 1 is 0.903 bits per heavy atom. The number of rotatable bonds is 5. The lowest BCUT2D eigenvalue weighted by molar-refractivity contribution is -0.118. The predicted octanol–water partition coefficient (Wildman–Crippen LogP) is 6.33. The number of hydrogen-bond acceptors (Lipinski definition) is 3. The van der Waals surface area contributed by atoms with Gasteiger partial charge in [-0.1, -0.05) is 93.6 Å². The molecule has 1 aliphatic carbocycles. The van der Waals surface area contributed by atoms with Gasteiger partial charge in [0.15, 0.2) is 0 Å². The van der Waals surface area contributed by atoms with E-state index in [1.165, 1.54) is 27.8 Å². The third-order valence-corrected chi connectivity index (χ3v) is 6.94. The molecule has 1 amide bonds. The van der Waals surface area contributed by atoms with Gasteiger partial charge in [0.1, 0.15) is 0 Å². The van der Waals surface area contributed by atoms with Crippen molar-refractivity contribution in [2.75, 3.05) is 5.75 Å². The first-order valence-electron chi connectivity index (χ1n) is 10.6. The van der Waals surface area contributed by atoms with Crippen LogP contribution in [0.15, 0.2) is 77.9 Å². The molecule has 1 N–H and O–H groups in total. The van der Waals surface area contributed by atoms with E-state index in [1.807, 2.05) is 6.92 Å². The number of hydrazone groups is 1. The summed E-state index contributed by atoms with van der Waals surface area (Å²) in [6.07, 6.45) is 0. The zero-order valence-corrected chi connectivity index (χ0v) is 19.3. The Morgan fingerprint density at radius 3 is 2.00 bits per heavy atom. The minimum absolute atomic E-state index is 0.0856. The van der Waals surface area contributed by atoms with Crippen molar-refractivity contribution in [3.63, 3.8) is 0 Å². The van der Waals surface area contributed by atoms with E-state index in [-0.39, 0.29) is 16.6 Å². The minimum atomic E-state index is -0.0856. The van der Waals surface area contributed by atoms with Crippen LogP contribution in [0.5, 0.6) is 0 Å². The van der Waals surface area contributed by atoms with Gasteiger partial charge in [-0.3, -0.25) is 4.79 Å². The second-order valence-corrected chi connectivity index (χ2v) is 10.0. The number of nitrogens with one attached hydrogen (secondary N) is 1. The molecular weight excluding hydrogens is 400 g/mol. The highest BCUT2D eigenvalue weighted by molar-refractivity contribution is 8.00. The molecule has 0 bridgehead atoms. The highest BCUT2D eigenvalue weighted by Crippen LogP contribution is 2.49. The lowest BCUT2D eigenvalue weighted by atomic mass is 9.86. The van der Waals surface area contributed by atoms with Crippen LogP contribution in [0.3, 0.4) is 0 Å². The van der Waals surface area contributed by atoms with E-state index < -0.39 is 0 Å². The Bertz CT molecular complexity index is 1080. The van der Waals surface area contributed by atoms with E-state index in [0.717, 1.165) is 11.3 Å². The van der Waals surface area contributed by atoms with Gasteiger partial charge >= 0.3 is 0 Å². The van der Waals surface area contributed by atoms with Crippen molar-refractivity contribution < 1.29 is 4.79 Å². The smallest absolute Gasteiger partial charge is 0.250 e. The molecule has 4 heteroatoms. The molecule has 1 aliphatic rings. The van der Waals surface area contributed by atoms with Gasteiger partial charge in [0.25, 0.3) is 0 Å². The third kappa shape index (κ3) is 4.59. The van der Waals surface area contributed by atoms with E-state index in [1.54, 1.807) is 11.8 Å². The van der Waals surface area contributed by atoms with Gasteiger partial charge in [-0.05, 0) is 45.7 Å². The SMILES string of the molecule is CC(=NNC(=O)CSC1c2ccccc2-c2ccccc21)c1ccc(C(C)(C)C)cc1. The van der Waals surface area contributed by atoms with Crippen molar-refractivity contribution in [1.82, 2.24) is 5.43 Å². The molecule has 158 valence electrons. The van der Waals surface area contributed by atoms with E-state index in [0.29, 0.717) is 5.75 Å². The quantitative estimate of drug-likeness (QED) is 0.381. The fourth-order valence-corrected chi connectivity index (χ4v) is 5.06. The summed E-state index contributed by atoms with van der Waals surface area (Å²) in [7, 11) is 0. The fourth-order valence-electron chi connectivity index (χ4n) is 3.90. The maximum absolute atomic E-state index is 12.5. The lowest BCUT2D eigenvalue weighted by Crippen LogP contribution is -2.21. The molecule has 3 aromatic carbocycles. The van der Waals surface area contributed by atoms with E-state index in [2.05, 4.69) is 104 Å². The molecular formula is C27H28N2OS. The largest absolute Gasteiger partial charge is 0.272 e. The predicted molar refractivity (Wildman–Crippen MR) is 132 cm³/mol. The van der Waals surface area contributed by atoms with Gasteiger partial charge < -0.3 is 0 Å². The lowest BCUT2D eigenvalue weighted by Gasteiger charge is -2.19. The molecule has 0 atom stereocenters. The standard InChI is InChI=1S/C27H28N2OS/c1-18(19-13-15-20(16-14-19)27(2,3)4)28-29-25(30)17-31-26-23-11-7-5-9-21(23)22-10-6-8-12-24(22)26/h5-16,26H,17H2,1-4H3,(H,29,30). The van der Waals surface area contributed by atoms with Gasteiger partial charge in [-0.25, -0.2) is 5.43 Å². The second-order valence-electron chi connectivity index (χ2n) is 8.93. The van der Waals surface area contributed by atoms with Gasteiger partial charge in [-0.15, -0.1) is 11.8 Å². The molecule has 3 nitrogen and oxygen atoms in total. The monoisotopic (exact) mass is 428 g/mol. The molecule has 0 unspecified atom stereocenters. The normalized spacial score (nSPS) is 13.6. The Morgan fingerprint density at radius 2 is 1.45 bits per heavy atom. The van der Waals surface area contributed by atoms with Crippen molar-refractivity contribution in [1.29, 1.82) is 0 Å². The zero-order valence-electron chi connectivity index (χ0n) is 18.5. The Hall–Kier alpha value is -2.85. The van der Waals surface area contributed by atoms with E-state index in [9.17, 15) is 4.79 Å². The second kappa shape index (κ2) is 8.72. The van der Waals surface area contributed by atoms with Crippen molar-refractivity contribution in [2.45, 2.75) is 38.4 Å². The topological polar surface area (TPSA) is 41.5 Å². The number of thioether (sulfide) groups is 1. The number of carbonyl (C=O) groups is 1. The number of benzene rings is 3. The van der Waals surface area contributed by atoms with Crippen molar-refractivity contribution in [3.05, 3.63) is 95.1 Å². The molecule has 0 heterocycles. The molecule has 3 aromatic rings. The number of carbonyl (C=O) groups excluding carboxylic acids is 1. The molecule has 31 heavy (non-hydrogen) atoms. The van der Waals surface area contributed by atoms with Gasteiger partial charge in [0.2, 0.25) is 5.91 Å². The van der Waals surface area contributed by atoms with Crippen LogP contribution in [0, 0.1) is 0 Å². The average molecular weight is 429 g/mol. The summed E-state index contributed by atoms with van der Waals surface area (Å²) in [5, 5.41) is 4.50. The highest BCUT2D eigenvalue weighted by atomic mass is 32.2. The Labute approximate surface area is 189 Å². The third-order valence-electron chi connectivity index (χ3n) is 5.67. The van der Waals surface area contributed by atoms with Crippen LogP contribution in [-0.4, -0.2) is 17.4 Å². The summed E-state index contributed by atoms with van der Waals surface area (Å²) >= 11 is 1.65. The molecule has 0 saturated carbocycles. The van der Waals surface area contributed by atoms with Crippen molar-refractivity contribution >= 4 is 23.4 Å². The first-order chi connectivity index (χ1) is 14.8. The van der Waals surface area contributed by atoms with Crippen LogP contribution in [0.25, 0.3) is 11.1 Å². The first-order valence-corrected chi connectivity index (χ1v) is 11.6. The number of amides is 1. The summed E-state index contributed by atoms with van der Waals surface area (Å²) in [6, 6.07) is 25.3. The van der Waals surface area contributed by atoms with Crippen LogP contribution in [-0.2, 0) is 10.2 Å². The highest BCUT2D eigenvalue weighted by Gasteiger charge is 2.28. The minimum Gasteiger partial charge on any atom is -0.272 e. The first kappa shape index (κ1) is 21.4. The number of fused-ring (bicyclic) bond motifs is 3. The van der Waals surface area contributed by atoms with Crippen molar-refractivity contribution in [3.8, 4) is 11.1 Å². The molecule has 4 rings (SSSR count). The summed E-state index contributed by atoms with van der Waals surface area (Å²) < 4.78 is 0. The molecule has 0 fully saturated rings. The van der Waals surface area contributed by atoms with Crippen molar-refractivity contribution in [2.24, 2.45) is 5.10 Å². The maximum atomic E-state index is 12.5. The molecule has 0 aromatic heterocycles. The molecule has 0 aliphatic heterocycles. The van der Waals surface area contributed by atoms with Gasteiger partial charge in [0.05, 0.1) is 16.7 Å². The summed E-state index contributed by atoms with van der Waals surface area (Å²) in [6.45, 7) is 8.51. The van der Waals surface area contributed by atoms with Crippen LogP contribution in [0.2, 0.25) is 0 Å². The molecule has 0 radical (unpaired) electrons. The number of nitrogens with zero attached hydrogens (tertiary/aromatic N) is 1. The molecule has 0 spiro atoms. The maximum Gasteiger partial charge on any atom is 0.250 e. The van der Waals surface area contributed by atoms with Gasteiger partial charge in [-0.2, -0.15) is 5.10 Å². The fraction of sp³-hybridized carbons (Fsp3) is 0.259. The number of hydrogen-bond donors (Lipinski definition) is 1. The average Bonchev–Trinajstić information content (AvgIpc) is 3.09. The summed E-state index contributed by atoms with van der Waals surface area (Å²) in [5.74, 6) is 0.269. The van der Waals surface area contributed by atoms with Crippen LogP contribution in [0.4, 0.5) is 0 Å². The summed E-state index contributed by atoms with van der Waals surface area (Å²) in [4.78, 5) is 12.5. The van der Waals surface area contributed by atoms with Crippen LogP contribution >= 0.6 is 11.8 Å². The van der Waals surface area contributed by atoms with Crippen LogP contribution < -0.4 is 5.43 Å².